The maximum absolute atomic E-state index is 13.0. The van der Waals surface area contributed by atoms with Crippen molar-refractivity contribution in [2.45, 2.75) is 216 Å². The molecule has 11 atom stereocenters. The van der Waals surface area contributed by atoms with E-state index in [-0.39, 0.29) is 19.4 Å². The fourth-order valence-electron chi connectivity index (χ4n) is 7.39. The molecule has 398 valence electrons. The zero-order valence-corrected chi connectivity index (χ0v) is 42.0. The number of aliphatic hydroxyl groups excluding tert-OH is 7. The summed E-state index contributed by atoms with van der Waals surface area (Å²) in [6.07, 6.45) is 31.2. The molecule has 0 aromatic heterocycles. The maximum atomic E-state index is 13.0. The molecule has 2 aliphatic rings. The van der Waals surface area contributed by atoms with E-state index in [1.54, 1.807) is 0 Å². The topological polar surface area (TPSA) is 231 Å². The van der Waals surface area contributed by atoms with Crippen LogP contribution in [-0.4, -0.2) is 142 Å². The number of esters is 2. The van der Waals surface area contributed by atoms with E-state index in [0.29, 0.717) is 19.3 Å². The molecular formula is C55H88O15. The molecule has 4 unspecified atom stereocenters. The van der Waals surface area contributed by atoms with Crippen molar-refractivity contribution >= 4 is 11.9 Å². The maximum Gasteiger partial charge on any atom is 0.306 e. The Morgan fingerprint density at radius 3 is 1.56 bits per heavy atom. The highest BCUT2D eigenvalue weighted by Gasteiger charge is 2.47. The summed E-state index contributed by atoms with van der Waals surface area (Å²) in [5.74, 6) is -1.05. The molecule has 15 nitrogen and oxygen atoms in total. The molecule has 0 saturated carbocycles. The van der Waals surface area contributed by atoms with Gasteiger partial charge in [-0.2, -0.15) is 0 Å². The SMILES string of the molecule is CC/C=C/C/C=C/C/C=C/C/C=C/C/C=C/C/C=C/CCC(=O)O[C@H](COC(=O)CCCCCCCC=C=CCCCCCCC)CO[C@H]1O[C@@H](CO[C@H]2O[C@@H](CO)[C@@H](O)C(O)C2O)[C@@H](O)C(O)C1O. The zero-order chi connectivity index (χ0) is 51.0. The van der Waals surface area contributed by atoms with Crippen LogP contribution < -0.4 is 0 Å². The monoisotopic (exact) mass is 989 g/mol. The molecule has 15 heteroatoms. The summed E-state index contributed by atoms with van der Waals surface area (Å²) in [5, 5.41) is 72.1. The van der Waals surface area contributed by atoms with Crippen molar-refractivity contribution in [2.24, 2.45) is 0 Å². The van der Waals surface area contributed by atoms with Crippen LogP contribution in [-0.2, 0) is 38.0 Å². The van der Waals surface area contributed by atoms with E-state index in [9.17, 15) is 45.3 Å². The molecule has 0 radical (unpaired) electrons. The standard InChI is InChI=1S/C55H88O15/c1-3-5-7-9-11-13-15-17-19-20-21-22-24-26-28-30-32-34-36-38-47(58)68-43(40-65-46(57)37-35-33-31-29-27-25-23-18-16-14-12-10-8-6-4-2)41-66-54-53(64)51(62)49(60)45(70-54)42-67-55-52(63)50(61)48(59)44(39-56)69-55/h5,7,11,13,16-17,19,21-23,26,28,32,34,43-45,48-56,59-64H,3-4,6,8-10,12,14-15,20,24-25,27,29-31,33,35-42H2,1-2H3/b7-5+,13-11+,19-17+,22-21+,28-26+,34-32+/t18?,43-,44+,45+,48-,49-,50?,51?,52?,53?,54+,55+/m1/s1. The van der Waals surface area contributed by atoms with E-state index in [0.717, 1.165) is 70.6 Å². The zero-order valence-electron chi connectivity index (χ0n) is 42.0. The number of ether oxygens (including phenoxy) is 6. The van der Waals surface area contributed by atoms with Crippen molar-refractivity contribution in [3.05, 3.63) is 90.8 Å². The molecule has 0 aromatic carbocycles. The van der Waals surface area contributed by atoms with Crippen molar-refractivity contribution in [1.29, 1.82) is 0 Å². The normalized spacial score (nSPS) is 25.7. The van der Waals surface area contributed by atoms with Crippen LogP contribution in [0.15, 0.2) is 90.8 Å². The summed E-state index contributed by atoms with van der Waals surface area (Å²) in [6.45, 7) is 2.34. The van der Waals surface area contributed by atoms with Gasteiger partial charge in [0.1, 0.15) is 55.4 Å². The molecule has 2 rings (SSSR count). The van der Waals surface area contributed by atoms with E-state index >= 15 is 0 Å². The van der Waals surface area contributed by atoms with Gasteiger partial charge in [0, 0.05) is 12.8 Å². The number of carbonyl (C=O) groups excluding carboxylic acids is 2. The first kappa shape index (κ1) is 62.6. The second-order valence-electron chi connectivity index (χ2n) is 17.7. The molecule has 0 bridgehead atoms. The van der Waals surface area contributed by atoms with Gasteiger partial charge >= 0.3 is 11.9 Å². The predicted octanol–water partition coefficient (Wildman–Crippen LogP) is 7.36. The van der Waals surface area contributed by atoms with Gasteiger partial charge in [-0.15, -0.1) is 5.73 Å². The Hall–Kier alpha value is -3.54. The molecule has 0 aliphatic carbocycles. The number of aliphatic hydroxyl groups is 7. The molecule has 0 aromatic rings. The Kier molecular flexibility index (Phi) is 36.6. The highest BCUT2D eigenvalue weighted by Crippen LogP contribution is 2.26. The summed E-state index contributed by atoms with van der Waals surface area (Å²) >= 11 is 0. The largest absolute Gasteiger partial charge is 0.462 e. The van der Waals surface area contributed by atoms with E-state index in [1.165, 1.54) is 32.1 Å². The Morgan fingerprint density at radius 1 is 0.514 bits per heavy atom. The van der Waals surface area contributed by atoms with Gasteiger partial charge in [-0.3, -0.25) is 9.59 Å². The molecule has 2 fully saturated rings. The van der Waals surface area contributed by atoms with Gasteiger partial charge < -0.3 is 64.2 Å². The van der Waals surface area contributed by atoms with Crippen LogP contribution in [0.1, 0.15) is 149 Å². The van der Waals surface area contributed by atoms with E-state index in [2.05, 4.69) is 86.4 Å². The minimum atomic E-state index is -1.79. The first-order chi connectivity index (χ1) is 34.0. The lowest BCUT2D eigenvalue weighted by Gasteiger charge is -2.42. The fraction of sp³-hybridized carbons (Fsp3) is 0.691. The van der Waals surface area contributed by atoms with Crippen LogP contribution in [0.2, 0.25) is 0 Å². The van der Waals surface area contributed by atoms with Gasteiger partial charge in [-0.25, -0.2) is 0 Å². The number of hydrogen-bond donors (Lipinski definition) is 7. The molecule has 70 heavy (non-hydrogen) atoms. The molecule has 2 aliphatic heterocycles. The second kappa shape index (κ2) is 41.0. The summed E-state index contributed by atoms with van der Waals surface area (Å²) in [7, 11) is 0. The molecule has 0 spiro atoms. The van der Waals surface area contributed by atoms with Crippen LogP contribution in [0.5, 0.6) is 0 Å². The molecule has 0 amide bonds. The van der Waals surface area contributed by atoms with Crippen LogP contribution in [0.4, 0.5) is 0 Å². The third-order valence-electron chi connectivity index (χ3n) is 11.6. The molecule has 2 heterocycles. The average Bonchev–Trinajstić information content (AvgIpc) is 3.35. The van der Waals surface area contributed by atoms with Gasteiger partial charge in [0.2, 0.25) is 0 Å². The predicted molar refractivity (Wildman–Crippen MR) is 269 cm³/mol. The van der Waals surface area contributed by atoms with Crippen molar-refractivity contribution < 1.29 is 73.8 Å². The van der Waals surface area contributed by atoms with E-state index in [1.807, 2.05) is 18.2 Å². The number of rotatable bonds is 38. The van der Waals surface area contributed by atoms with Crippen molar-refractivity contribution in [1.82, 2.24) is 0 Å². The highest BCUT2D eigenvalue weighted by molar-refractivity contribution is 5.70. The summed E-state index contributed by atoms with van der Waals surface area (Å²) in [4.78, 5) is 25.7. The van der Waals surface area contributed by atoms with Gasteiger partial charge in [-0.05, 0) is 89.2 Å². The molecular weight excluding hydrogens is 901 g/mol. The first-order valence-electron chi connectivity index (χ1n) is 25.9. The lowest BCUT2D eigenvalue weighted by atomic mass is 9.98. The second-order valence-corrected chi connectivity index (χ2v) is 17.7. The summed E-state index contributed by atoms with van der Waals surface area (Å²) < 4.78 is 33.5. The Balaban J connectivity index is 1.86. The summed E-state index contributed by atoms with van der Waals surface area (Å²) in [5.41, 5.74) is 3.28. The number of allylic oxidation sites excluding steroid dienone is 13. The fourth-order valence-corrected chi connectivity index (χ4v) is 7.39. The van der Waals surface area contributed by atoms with E-state index in [4.69, 9.17) is 28.4 Å². The summed E-state index contributed by atoms with van der Waals surface area (Å²) in [6, 6.07) is 0. The minimum Gasteiger partial charge on any atom is -0.462 e. The highest BCUT2D eigenvalue weighted by atomic mass is 16.7. The third-order valence-corrected chi connectivity index (χ3v) is 11.6. The quantitative estimate of drug-likeness (QED) is 0.0139. The van der Waals surface area contributed by atoms with Crippen molar-refractivity contribution in [2.75, 3.05) is 26.4 Å². The first-order valence-corrected chi connectivity index (χ1v) is 25.9. The van der Waals surface area contributed by atoms with Crippen LogP contribution in [0.25, 0.3) is 0 Å². The minimum absolute atomic E-state index is 0.0304. The van der Waals surface area contributed by atoms with Crippen molar-refractivity contribution in [3.63, 3.8) is 0 Å². The van der Waals surface area contributed by atoms with Gasteiger partial charge in [-0.1, -0.05) is 132 Å². The van der Waals surface area contributed by atoms with Gasteiger partial charge in [0.25, 0.3) is 0 Å². The van der Waals surface area contributed by atoms with Gasteiger partial charge in [0.15, 0.2) is 18.7 Å². The Bertz CT molecular complexity index is 1600. The van der Waals surface area contributed by atoms with E-state index < -0.39 is 99.3 Å². The van der Waals surface area contributed by atoms with Gasteiger partial charge in [0.05, 0.1) is 19.8 Å². The third kappa shape index (κ3) is 28.5. The Morgan fingerprint density at radius 2 is 1.00 bits per heavy atom. The smallest absolute Gasteiger partial charge is 0.306 e. The molecule has 2 saturated heterocycles. The number of hydrogen-bond acceptors (Lipinski definition) is 15. The van der Waals surface area contributed by atoms with Crippen molar-refractivity contribution in [3.8, 4) is 0 Å². The number of unbranched alkanes of at least 4 members (excludes halogenated alkanes) is 10. The van der Waals surface area contributed by atoms with Crippen LogP contribution >= 0.6 is 0 Å². The lowest BCUT2D eigenvalue weighted by molar-refractivity contribution is -0.332. The molecule has 7 N–H and O–H groups in total. The van der Waals surface area contributed by atoms with Crippen LogP contribution in [0, 0.1) is 0 Å². The number of carbonyl (C=O) groups is 2. The Labute approximate surface area is 417 Å². The average molecular weight is 989 g/mol. The van der Waals surface area contributed by atoms with Crippen LogP contribution in [0.3, 0.4) is 0 Å². The lowest BCUT2D eigenvalue weighted by Crippen LogP contribution is -2.61.